The molecule has 0 unspecified atom stereocenters. The zero-order valence-corrected chi connectivity index (χ0v) is 29.0. The first-order valence-corrected chi connectivity index (χ1v) is 17.1. The number of hydrazine groups is 1. The number of benzene rings is 3. The van der Waals surface area contributed by atoms with Gasteiger partial charge in [0.2, 0.25) is 11.8 Å². The van der Waals surface area contributed by atoms with Crippen molar-refractivity contribution >= 4 is 58.6 Å². The molecule has 0 aromatic heterocycles. The zero-order valence-electron chi connectivity index (χ0n) is 27.5. The van der Waals surface area contributed by atoms with E-state index in [1.165, 1.54) is 13.2 Å². The highest BCUT2D eigenvalue weighted by Gasteiger charge is 2.71. The largest absolute Gasteiger partial charge is 0.497 e. The van der Waals surface area contributed by atoms with Gasteiger partial charge in [0.25, 0.3) is 11.8 Å². The molecule has 3 aromatic carbocycles. The quantitative estimate of drug-likeness (QED) is 0.236. The molecule has 3 aromatic rings. The zero-order chi connectivity index (χ0) is 36.2. The second-order valence-corrected chi connectivity index (χ2v) is 13.6. The summed E-state index contributed by atoms with van der Waals surface area (Å²) in [5, 5.41) is 11.2. The number of carbonyl (C=O) groups excluding carboxylic acids is 5. The number of fused-ring (bicyclic) bond motifs is 4. The van der Waals surface area contributed by atoms with Crippen molar-refractivity contribution in [2.75, 3.05) is 32.9 Å². The highest BCUT2D eigenvalue weighted by Crippen LogP contribution is 2.65. The molecule has 2 heterocycles. The smallest absolute Gasteiger partial charge is 0.423 e. The van der Waals surface area contributed by atoms with Crippen LogP contribution in [0.4, 0.5) is 10.5 Å². The van der Waals surface area contributed by atoms with E-state index in [2.05, 4.69) is 5.43 Å². The maximum atomic E-state index is 15.4. The van der Waals surface area contributed by atoms with Crippen LogP contribution in [0.1, 0.15) is 29.9 Å². The van der Waals surface area contributed by atoms with E-state index >= 15 is 4.79 Å². The van der Waals surface area contributed by atoms with Crippen LogP contribution in [-0.4, -0.2) is 72.2 Å². The standard InChI is InChI=1S/C37H33Cl2N3O9/c1-49-21-10-7-19(8-11-21)37-26(33(45)42(35(37)47)40-28-14-9-20(38)17-27(28)39)18-25-22(31(37)23-5-3-4-6-29(23)51-16-15-43)12-13-24-30(25)34(46)41(32(24)44)36(48)50-2/h3-12,14,17,24-26,30-31,40,43H,13,15-16,18H2,1-2H3/t24-,25+,26-,30-,31+,37+/m0/s1. The molecule has 12 nitrogen and oxygen atoms in total. The molecule has 264 valence electrons. The van der Waals surface area contributed by atoms with E-state index in [1.54, 1.807) is 60.7 Å². The molecule has 0 spiro atoms. The number of allylic oxidation sites excluding steroid dienone is 2. The number of likely N-dealkylation sites (tertiary alicyclic amines) is 1. The summed E-state index contributed by atoms with van der Waals surface area (Å²) in [6.07, 6.45) is 0.890. The van der Waals surface area contributed by atoms with E-state index in [1.807, 2.05) is 6.08 Å². The van der Waals surface area contributed by atoms with Crippen LogP contribution in [0.15, 0.2) is 78.4 Å². The van der Waals surface area contributed by atoms with Gasteiger partial charge in [0, 0.05) is 16.5 Å². The fourth-order valence-electron chi connectivity index (χ4n) is 8.47. The van der Waals surface area contributed by atoms with Crippen LogP contribution >= 0.6 is 23.2 Å². The molecule has 2 aliphatic heterocycles. The number of hydrogen-bond donors (Lipinski definition) is 2. The molecule has 1 saturated carbocycles. The van der Waals surface area contributed by atoms with Gasteiger partial charge in [-0.2, -0.15) is 9.91 Å². The summed E-state index contributed by atoms with van der Waals surface area (Å²) in [4.78, 5) is 70.9. The number of imide groups is 4. The maximum absolute atomic E-state index is 15.4. The van der Waals surface area contributed by atoms with Crippen molar-refractivity contribution in [1.82, 2.24) is 9.91 Å². The number of nitrogens with one attached hydrogen (secondary N) is 1. The lowest BCUT2D eigenvalue weighted by Crippen LogP contribution is -2.53. The van der Waals surface area contributed by atoms with Crippen LogP contribution in [0.2, 0.25) is 10.0 Å². The number of aliphatic hydroxyl groups excluding tert-OH is 1. The van der Waals surface area contributed by atoms with Gasteiger partial charge in [-0.25, -0.2) is 4.79 Å². The van der Waals surface area contributed by atoms with Gasteiger partial charge in [0.05, 0.1) is 54.7 Å². The topological polar surface area (TPSA) is 152 Å². The predicted molar refractivity (Wildman–Crippen MR) is 184 cm³/mol. The number of carbonyl (C=O) groups is 5. The maximum Gasteiger partial charge on any atom is 0.423 e. The number of hydrogen-bond acceptors (Lipinski definition) is 10. The Morgan fingerprint density at radius 1 is 0.961 bits per heavy atom. The molecule has 6 atom stereocenters. The van der Waals surface area contributed by atoms with E-state index < -0.39 is 64.7 Å². The van der Waals surface area contributed by atoms with Gasteiger partial charge in [-0.1, -0.05) is 65.2 Å². The molecular weight excluding hydrogens is 701 g/mol. The van der Waals surface area contributed by atoms with Crippen molar-refractivity contribution < 1.29 is 43.3 Å². The average molecular weight is 735 g/mol. The van der Waals surface area contributed by atoms with Gasteiger partial charge in [-0.3, -0.25) is 24.6 Å². The molecule has 2 aliphatic carbocycles. The number of anilines is 1. The molecule has 4 aliphatic rings. The minimum Gasteiger partial charge on any atom is -0.497 e. The van der Waals surface area contributed by atoms with Crippen molar-refractivity contribution in [2.24, 2.45) is 23.7 Å². The van der Waals surface area contributed by atoms with Crippen LogP contribution in [0.5, 0.6) is 11.5 Å². The van der Waals surface area contributed by atoms with Gasteiger partial charge in [0.15, 0.2) is 0 Å². The summed E-state index contributed by atoms with van der Waals surface area (Å²) in [6, 6.07) is 18.6. The Kier molecular flexibility index (Phi) is 9.03. The van der Waals surface area contributed by atoms with E-state index in [4.69, 9.17) is 37.4 Å². The van der Waals surface area contributed by atoms with E-state index in [0.29, 0.717) is 38.1 Å². The highest BCUT2D eigenvalue weighted by atomic mass is 35.5. The number of methoxy groups -OCH3 is 2. The normalized spacial score (nSPS) is 26.7. The van der Waals surface area contributed by atoms with Crippen LogP contribution < -0.4 is 14.9 Å². The first kappa shape index (κ1) is 34.5. The van der Waals surface area contributed by atoms with Crippen LogP contribution in [0.25, 0.3) is 0 Å². The summed E-state index contributed by atoms with van der Waals surface area (Å²) in [5.41, 5.74) is 3.29. The lowest BCUT2D eigenvalue weighted by atomic mass is 9.49. The third kappa shape index (κ3) is 5.27. The fourth-order valence-corrected chi connectivity index (χ4v) is 8.92. The number of halogens is 2. The monoisotopic (exact) mass is 733 g/mol. The molecule has 5 amide bonds. The highest BCUT2D eigenvalue weighted by molar-refractivity contribution is 6.36. The van der Waals surface area contributed by atoms with Crippen molar-refractivity contribution in [2.45, 2.75) is 24.2 Å². The van der Waals surface area contributed by atoms with Crippen molar-refractivity contribution in [3.05, 3.63) is 99.6 Å². The second kappa shape index (κ2) is 13.3. The summed E-state index contributed by atoms with van der Waals surface area (Å²) in [7, 11) is 2.61. The third-order valence-electron chi connectivity index (χ3n) is 10.5. The van der Waals surface area contributed by atoms with Gasteiger partial charge in [0.1, 0.15) is 18.1 Å². The Morgan fingerprint density at radius 3 is 2.39 bits per heavy atom. The van der Waals surface area contributed by atoms with Crippen molar-refractivity contribution in [3.63, 3.8) is 0 Å². The summed E-state index contributed by atoms with van der Waals surface area (Å²) < 4.78 is 16.3. The summed E-state index contributed by atoms with van der Waals surface area (Å²) >= 11 is 12.7. The molecule has 2 saturated heterocycles. The van der Waals surface area contributed by atoms with Crippen molar-refractivity contribution in [3.8, 4) is 11.5 Å². The van der Waals surface area contributed by atoms with E-state index in [9.17, 15) is 24.3 Å². The molecule has 0 bridgehead atoms. The van der Waals surface area contributed by atoms with E-state index in [-0.39, 0.29) is 36.8 Å². The average Bonchev–Trinajstić information content (AvgIpc) is 3.52. The molecular formula is C37H33Cl2N3O9. The lowest BCUT2D eigenvalue weighted by Gasteiger charge is -2.50. The lowest BCUT2D eigenvalue weighted by molar-refractivity contribution is -0.140. The Bertz CT molecular complexity index is 1990. The minimum absolute atomic E-state index is 0.000327. The number of nitrogens with zero attached hydrogens (tertiary/aromatic N) is 2. The van der Waals surface area contributed by atoms with Gasteiger partial charge >= 0.3 is 6.09 Å². The Labute approximate surface area is 302 Å². The fraction of sp³-hybridized carbons (Fsp3) is 0.324. The number of aliphatic hydroxyl groups is 1. The van der Waals surface area contributed by atoms with Crippen LogP contribution in [0.3, 0.4) is 0 Å². The second-order valence-electron chi connectivity index (χ2n) is 12.8. The molecule has 51 heavy (non-hydrogen) atoms. The summed E-state index contributed by atoms with van der Waals surface area (Å²) in [6.45, 7) is -0.330. The number of ether oxygens (including phenoxy) is 3. The Hall–Kier alpha value is -4.91. The number of amides is 5. The molecule has 14 heteroatoms. The van der Waals surface area contributed by atoms with Gasteiger partial charge in [-0.05, 0) is 60.7 Å². The van der Waals surface area contributed by atoms with Gasteiger partial charge < -0.3 is 19.3 Å². The Balaban J connectivity index is 1.47. The number of rotatable bonds is 8. The SMILES string of the molecule is COC(=O)N1C(=O)[C@H]2[C@H](CC=C3[C@H]2C[C@H]2C(=O)N(Nc4ccc(Cl)cc4Cl)C(=O)[C@@]2(c2ccc(OC)cc2)[C@H]3c2ccccc2OCCO)C1=O. The molecule has 0 radical (unpaired) electrons. The third-order valence-corrected chi connectivity index (χ3v) is 11.1. The first-order chi connectivity index (χ1) is 24.6. The molecule has 3 fully saturated rings. The molecule has 7 rings (SSSR count). The minimum atomic E-state index is -1.61. The van der Waals surface area contributed by atoms with Crippen LogP contribution in [0, 0.1) is 23.7 Å². The summed E-state index contributed by atoms with van der Waals surface area (Å²) in [5.74, 6) is -6.23. The van der Waals surface area contributed by atoms with E-state index in [0.717, 1.165) is 12.1 Å². The van der Waals surface area contributed by atoms with Crippen LogP contribution in [-0.2, 0) is 29.3 Å². The molecule has 2 N–H and O–H groups in total. The van der Waals surface area contributed by atoms with Gasteiger partial charge in [-0.15, -0.1) is 0 Å². The number of para-hydroxylation sites is 1. The van der Waals surface area contributed by atoms with Crippen molar-refractivity contribution in [1.29, 1.82) is 0 Å². The first-order valence-electron chi connectivity index (χ1n) is 16.3. The predicted octanol–water partition coefficient (Wildman–Crippen LogP) is 5.12. The Morgan fingerprint density at radius 2 is 1.71 bits per heavy atom.